The average Bonchev–Trinajstić information content (AvgIpc) is 3.59. The van der Waals surface area contributed by atoms with Gasteiger partial charge in [-0.15, -0.1) is 10.2 Å². The van der Waals surface area contributed by atoms with Crippen LogP contribution in [0.15, 0.2) is 28.7 Å². The van der Waals surface area contributed by atoms with Gasteiger partial charge in [-0.25, -0.2) is 0 Å². The fourth-order valence-corrected chi connectivity index (χ4v) is 5.74. The van der Waals surface area contributed by atoms with Crippen LogP contribution in [0.3, 0.4) is 0 Å². The summed E-state index contributed by atoms with van der Waals surface area (Å²) in [6.45, 7) is 0.365. The summed E-state index contributed by atoms with van der Waals surface area (Å²) in [6.07, 6.45) is 7.65. The lowest BCUT2D eigenvalue weighted by molar-refractivity contribution is -0.141. The van der Waals surface area contributed by atoms with Crippen molar-refractivity contribution in [1.82, 2.24) is 20.0 Å². The summed E-state index contributed by atoms with van der Waals surface area (Å²) in [5.74, 6) is 0.0808. The van der Waals surface area contributed by atoms with Crippen LogP contribution in [0.5, 0.6) is 0 Å². The molecule has 2 saturated carbocycles. The Morgan fingerprint density at radius 2 is 1.59 bits per heavy atom. The van der Waals surface area contributed by atoms with Crippen molar-refractivity contribution in [2.45, 2.75) is 70.4 Å². The Kier molecular flexibility index (Phi) is 6.68. The number of carbonyl (C=O) groups excluding carboxylic acids is 3. The molecule has 180 valence electrons. The van der Waals surface area contributed by atoms with Gasteiger partial charge in [0.2, 0.25) is 29.5 Å². The van der Waals surface area contributed by atoms with Gasteiger partial charge in [0, 0.05) is 29.6 Å². The summed E-state index contributed by atoms with van der Waals surface area (Å²) in [5.41, 5.74) is 0.759. The molecule has 2 heterocycles. The molecule has 3 aliphatic rings. The van der Waals surface area contributed by atoms with Crippen LogP contribution in [-0.2, 0) is 20.9 Å². The maximum Gasteiger partial charge on any atom is 0.247 e. The van der Waals surface area contributed by atoms with Crippen LogP contribution >= 0.6 is 11.6 Å². The lowest BCUT2D eigenvalue weighted by Crippen LogP contribution is -2.41. The van der Waals surface area contributed by atoms with Crippen LogP contribution in [0.25, 0.3) is 11.5 Å². The second-order valence-electron chi connectivity index (χ2n) is 9.54. The smallest absolute Gasteiger partial charge is 0.247 e. The molecular formula is C25H29ClN4O4. The second-order valence-corrected chi connectivity index (χ2v) is 9.98. The summed E-state index contributed by atoms with van der Waals surface area (Å²) in [6, 6.07) is 7.23. The third-order valence-electron chi connectivity index (χ3n) is 7.43. The number of likely N-dealkylation sites (tertiary alicyclic amines) is 1. The van der Waals surface area contributed by atoms with E-state index >= 15 is 0 Å². The Morgan fingerprint density at radius 1 is 0.971 bits per heavy atom. The SMILES string of the molecule is O=C1[C@H]2CCCC[C@@H]2C(=O)N1CCC(=O)N(Cc1nnc(-c2ccc(Cl)cc2)o1)C1CCCC1. The maximum atomic E-state index is 13.3. The topological polar surface area (TPSA) is 96.6 Å². The van der Waals surface area contributed by atoms with Crippen molar-refractivity contribution in [2.75, 3.05) is 6.54 Å². The van der Waals surface area contributed by atoms with Gasteiger partial charge in [-0.2, -0.15) is 0 Å². The molecule has 2 atom stereocenters. The molecule has 5 rings (SSSR count). The van der Waals surface area contributed by atoms with E-state index < -0.39 is 0 Å². The molecule has 9 heteroatoms. The molecule has 2 aromatic rings. The minimum absolute atomic E-state index is 0.0892. The number of benzene rings is 1. The van der Waals surface area contributed by atoms with Crippen molar-refractivity contribution >= 4 is 29.3 Å². The van der Waals surface area contributed by atoms with Crippen LogP contribution in [0.4, 0.5) is 0 Å². The first kappa shape index (κ1) is 23.0. The van der Waals surface area contributed by atoms with E-state index in [1.807, 2.05) is 0 Å². The number of hydrogen-bond donors (Lipinski definition) is 0. The molecule has 1 aliphatic heterocycles. The molecular weight excluding hydrogens is 456 g/mol. The summed E-state index contributed by atoms with van der Waals surface area (Å²) >= 11 is 5.95. The number of hydrogen-bond acceptors (Lipinski definition) is 6. The molecule has 1 aromatic carbocycles. The second kappa shape index (κ2) is 9.86. The molecule has 3 fully saturated rings. The first-order chi connectivity index (χ1) is 16.5. The van der Waals surface area contributed by atoms with Gasteiger partial charge in [0.15, 0.2) is 0 Å². The fraction of sp³-hybridized carbons (Fsp3) is 0.560. The third-order valence-corrected chi connectivity index (χ3v) is 7.68. The number of carbonyl (C=O) groups is 3. The van der Waals surface area contributed by atoms with Crippen molar-refractivity contribution in [3.8, 4) is 11.5 Å². The largest absolute Gasteiger partial charge is 0.419 e. The van der Waals surface area contributed by atoms with Crippen molar-refractivity contribution in [1.29, 1.82) is 0 Å². The number of rotatable bonds is 7. The lowest BCUT2D eigenvalue weighted by Gasteiger charge is -2.28. The van der Waals surface area contributed by atoms with Gasteiger partial charge in [-0.05, 0) is 49.9 Å². The minimum atomic E-state index is -0.188. The zero-order valence-electron chi connectivity index (χ0n) is 19.1. The first-order valence-electron chi connectivity index (χ1n) is 12.2. The molecule has 1 saturated heterocycles. The number of imide groups is 1. The number of fused-ring (bicyclic) bond motifs is 1. The third kappa shape index (κ3) is 4.60. The van der Waals surface area contributed by atoms with Gasteiger partial charge in [0.05, 0.1) is 18.4 Å². The molecule has 1 aromatic heterocycles. The van der Waals surface area contributed by atoms with Gasteiger partial charge in [-0.3, -0.25) is 19.3 Å². The van der Waals surface area contributed by atoms with Gasteiger partial charge < -0.3 is 9.32 Å². The van der Waals surface area contributed by atoms with Crippen LogP contribution in [0.1, 0.15) is 63.7 Å². The predicted molar refractivity (Wildman–Crippen MR) is 124 cm³/mol. The Morgan fingerprint density at radius 3 is 2.24 bits per heavy atom. The van der Waals surface area contributed by atoms with E-state index in [9.17, 15) is 14.4 Å². The Balaban J connectivity index is 1.26. The average molecular weight is 485 g/mol. The van der Waals surface area contributed by atoms with Crippen molar-refractivity contribution in [2.24, 2.45) is 11.8 Å². The minimum Gasteiger partial charge on any atom is -0.419 e. The van der Waals surface area contributed by atoms with Crippen LogP contribution in [-0.4, -0.2) is 50.3 Å². The lowest BCUT2D eigenvalue weighted by atomic mass is 9.81. The van der Waals surface area contributed by atoms with E-state index in [2.05, 4.69) is 10.2 Å². The van der Waals surface area contributed by atoms with E-state index in [1.165, 1.54) is 4.90 Å². The highest BCUT2D eigenvalue weighted by atomic mass is 35.5. The highest BCUT2D eigenvalue weighted by Gasteiger charge is 2.48. The van der Waals surface area contributed by atoms with Crippen molar-refractivity contribution < 1.29 is 18.8 Å². The summed E-state index contributed by atoms with van der Waals surface area (Å²) in [5, 5.41) is 8.91. The summed E-state index contributed by atoms with van der Waals surface area (Å²) < 4.78 is 5.85. The molecule has 0 bridgehead atoms. The van der Waals surface area contributed by atoms with E-state index in [4.69, 9.17) is 16.0 Å². The Hall–Kier alpha value is -2.74. The Bertz CT molecular complexity index is 1040. The van der Waals surface area contributed by atoms with E-state index in [1.54, 1.807) is 29.2 Å². The first-order valence-corrected chi connectivity index (χ1v) is 12.6. The predicted octanol–water partition coefficient (Wildman–Crippen LogP) is 4.23. The molecule has 0 unspecified atom stereocenters. The van der Waals surface area contributed by atoms with Gasteiger partial charge >= 0.3 is 0 Å². The molecule has 0 spiro atoms. The highest BCUT2D eigenvalue weighted by molar-refractivity contribution is 6.30. The van der Waals surface area contributed by atoms with Crippen LogP contribution < -0.4 is 0 Å². The standard InChI is InChI=1S/C25H29ClN4O4/c26-17-11-9-16(10-12-17)23-28-27-21(34-23)15-30(18-5-1-2-6-18)22(31)13-14-29-24(32)19-7-3-4-8-20(19)25(29)33/h9-12,18-20H,1-8,13-15H2/t19-,20-/m0/s1. The van der Waals surface area contributed by atoms with Gasteiger partial charge in [-0.1, -0.05) is 37.3 Å². The molecule has 8 nitrogen and oxygen atoms in total. The van der Waals surface area contributed by atoms with Crippen molar-refractivity contribution in [3.63, 3.8) is 0 Å². The molecule has 0 radical (unpaired) electrons. The zero-order valence-corrected chi connectivity index (χ0v) is 19.9. The number of amides is 3. The van der Waals surface area contributed by atoms with E-state index in [0.717, 1.165) is 56.9 Å². The number of halogens is 1. The highest BCUT2D eigenvalue weighted by Crippen LogP contribution is 2.38. The monoisotopic (exact) mass is 484 g/mol. The number of nitrogens with zero attached hydrogens (tertiary/aromatic N) is 4. The normalized spacial score (nSPS) is 22.9. The molecule has 3 amide bonds. The number of aromatic nitrogens is 2. The van der Waals surface area contributed by atoms with E-state index in [-0.39, 0.29) is 55.1 Å². The zero-order chi connectivity index (χ0) is 23.7. The van der Waals surface area contributed by atoms with Crippen molar-refractivity contribution in [3.05, 3.63) is 35.2 Å². The molecule has 2 aliphatic carbocycles. The quantitative estimate of drug-likeness (QED) is 0.546. The van der Waals surface area contributed by atoms with Gasteiger partial charge in [0.25, 0.3) is 0 Å². The summed E-state index contributed by atoms with van der Waals surface area (Å²) in [4.78, 5) is 42.0. The van der Waals surface area contributed by atoms with Gasteiger partial charge in [0.1, 0.15) is 0 Å². The molecule has 34 heavy (non-hydrogen) atoms. The fourth-order valence-electron chi connectivity index (χ4n) is 5.61. The Labute approximate surface area is 203 Å². The maximum absolute atomic E-state index is 13.3. The van der Waals surface area contributed by atoms with Crippen LogP contribution in [0.2, 0.25) is 5.02 Å². The van der Waals surface area contributed by atoms with Crippen LogP contribution in [0, 0.1) is 11.8 Å². The summed E-state index contributed by atoms with van der Waals surface area (Å²) in [7, 11) is 0. The molecule has 0 N–H and O–H groups in total. The van der Waals surface area contributed by atoms with E-state index in [0.29, 0.717) is 16.8 Å².